The van der Waals surface area contributed by atoms with Gasteiger partial charge in [0.2, 0.25) is 5.91 Å². The second kappa shape index (κ2) is 5.56. The Bertz CT molecular complexity index is 674. The standard InChI is InChI=1S/C16H19N3OS/c1-9(2)16(20)19-14-8-17-12(7-18-14)15-10(3)21-13-6-4-5-11(13)15/h7-9H,4-6H2,1-3H3,(H,18,19,20). The van der Waals surface area contributed by atoms with Crippen molar-refractivity contribution in [1.82, 2.24) is 9.97 Å². The number of anilines is 1. The topological polar surface area (TPSA) is 54.9 Å². The fourth-order valence-electron chi connectivity index (χ4n) is 2.67. The van der Waals surface area contributed by atoms with Gasteiger partial charge in [0.05, 0.1) is 18.1 Å². The minimum absolute atomic E-state index is 0.0374. The number of rotatable bonds is 3. The molecule has 0 aromatic carbocycles. The molecule has 0 bridgehead atoms. The van der Waals surface area contributed by atoms with Gasteiger partial charge in [0.1, 0.15) is 0 Å². The molecule has 3 rings (SSSR count). The summed E-state index contributed by atoms with van der Waals surface area (Å²) in [5.41, 5.74) is 3.61. The predicted octanol–water partition coefficient (Wildman–Crippen LogP) is 3.60. The zero-order valence-electron chi connectivity index (χ0n) is 12.6. The quantitative estimate of drug-likeness (QED) is 0.942. The molecule has 1 N–H and O–H groups in total. The maximum Gasteiger partial charge on any atom is 0.228 e. The number of hydrogen-bond acceptors (Lipinski definition) is 4. The lowest BCUT2D eigenvalue weighted by Crippen LogP contribution is -2.18. The van der Waals surface area contributed by atoms with E-state index in [0.717, 1.165) is 12.1 Å². The zero-order valence-corrected chi connectivity index (χ0v) is 13.4. The largest absolute Gasteiger partial charge is 0.309 e. The maximum atomic E-state index is 11.7. The van der Waals surface area contributed by atoms with E-state index < -0.39 is 0 Å². The lowest BCUT2D eigenvalue weighted by atomic mass is 10.1. The third-order valence-corrected chi connectivity index (χ3v) is 4.99. The molecular weight excluding hydrogens is 282 g/mol. The van der Waals surface area contributed by atoms with E-state index in [9.17, 15) is 4.79 Å². The highest BCUT2D eigenvalue weighted by atomic mass is 32.1. The van der Waals surface area contributed by atoms with Gasteiger partial charge in [-0.15, -0.1) is 11.3 Å². The SMILES string of the molecule is Cc1sc2c(c1-c1cnc(NC(=O)C(C)C)cn1)CCC2. The number of hydrogen-bond donors (Lipinski definition) is 1. The van der Waals surface area contributed by atoms with E-state index in [0.29, 0.717) is 5.82 Å². The van der Waals surface area contributed by atoms with Gasteiger partial charge < -0.3 is 5.32 Å². The summed E-state index contributed by atoms with van der Waals surface area (Å²) < 4.78 is 0. The number of carbonyl (C=O) groups is 1. The maximum absolute atomic E-state index is 11.7. The number of carbonyl (C=O) groups excluding carboxylic acids is 1. The van der Waals surface area contributed by atoms with Crippen LogP contribution in [-0.2, 0) is 17.6 Å². The lowest BCUT2D eigenvalue weighted by molar-refractivity contribution is -0.118. The molecule has 110 valence electrons. The first-order chi connectivity index (χ1) is 10.1. The van der Waals surface area contributed by atoms with Gasteiger partial charge in [-0.3, -0.25) is 9.78 Å². The monoisotopic (exact) mass is 301 g/mol. The van der Waals surface area contributed by atoms with Gasteiger partial charge in [-0.05, 0) is 31.7 Å². The van der Waals surface area contributed by atoms with Crippen molar-refractivity contribution in [2.45, 2.75) is 40.0 Å². The van der Waals surface area contributed by atoms with Crippen molar-refractivity contribution in [2.75, 3.05) is 5.32 Å². The molecule has 1 aliphatic carbocycles. The minimum atomic E-state index is -0.0612. The molecule has 5 heteroatoms. The highest BCUT2D eigenvalue weighted by Gasteiger charge is 2.22. The van der Waals surface area contributed by atoms with Gasteiger partial charge in [-0.1, -0.05) is 13.8 Å². The van der Waals surface area contributed by atoms with Crippen LogP contribution < -0.4 is 5.32 Å². The molecule has 0 radical (unpaired) electrons. The summed E-state index contributed by atoms with van der Waals surface area (Å²) in [7, 11) is 0. The molecule has 0 saturated carbocycles. The third-order valence-electron chi connectivity index (χ3n) is 3.78. The molecule has 4 nitrogen and oxygen atoms in total. The highest BCUT2D eigenvalue weighted by molar-refractivity contribution is 7.12. The van der Waals surface area contributed by atoms with Crippen LogP contribution in [0.5, 0.6) is 0 Å². The number of nitrogens with zero attached hydrogens (tertiary/aromatic N) is 2. The van der Waals surface area contributed by atoms with Gasteiger partial charge >= 0.3 is 0 Å². The van der Waals surface area contributed by atoms with Crippen molar-refractivity contribution in [3.05, 3.63) is 27.7 Å². The van der Waals surface area contributed by atoms with Crippen LogP contribution in [0.15, 0.2) is 12.4 Å². The van der Waals surface area contributed by atoms with E-state index in [1.165, 1.54) is 33.7 Å². The third kappa shape index (κ3) is 2.70. The summed E-state index contributed by atoms with van der Waals surface area (Å²) in [5, 5.41) is 2.77. The molecule has 2 aromatic rings. The average molecular weight is 301 g/mol. The van der Waals surface area contributed by atoms with Crippen molar-refractivity contribution in [2.24, 2.45) is 5.92 Å². The van der Waals surface area contributed by atoms with E-state index in [-0.39, 0.29) is 11.8 Å². The van der Waals surface area contributed by atoms with Gasteiger partial charge in [0.25, 0.3) is 0 Å². The molecular formula is C16H19N3OS. The lowest BCUT2D eigenvalue weighted by Gasteiger charge is -2.08. The van der Waals surface area contributed by atoms with Crippen molar-refractivity contribution in [1.29, 1.82) is 0 Å². The van der Waals surface area contributed by atoms with Crippen LogP contribution in [0.4, 0.5) is 5.82 Å². The van der Waals surface area contributed by atoms with Crippen molar-refractivity contribution in [3.8, 4) is 11.3 Å². The molecule has 21 heavy (non-hydrogen) atoms. The number of nitrogens with one attached hydrogen (secondary N) is 1. The zero-order chi connectivity index (χ0) is 15.0. The van der Waals surface area contributed by atoms with Crippen LogP contribution in [-0.4, -0.2) is 15.9 Å². The minimum Gasteiger partial charge on any atom is -0.309 e. The van der Waals surface area contributed by atoms with Gasteiger partial charge in [-0.25, -0.2) is 4.98 Å². The Morgan fingerprint density at radius 3 is 2.76 bits per heavy atom. The number of thiophene rings is 1. The van der Waals surface area contributed by atoms with Crippen molar-refractivity contribution in [3.63, 3.8) is 0 Å². The fraction of sp³-hybridized carbons (Fsp3) is 0.438. The van der Waals surface area contributed by atoms with E-state index in [1.807, 2.05) is 25.2 Å². The number of aryl methyl sites for hydroxylation is 2. The average Bonchev–Trinajstić information content (AvgIpc) is 2.99. The van der Waals surface area contributed by atoms with Gasteiger partial charge in [-0.2, -0.15) is 0 Å². The van der Waals surface area contributed by atoms with Crippen LogP contribution in [0.1, 0.15) is 35.6 Å². The predicted molar refractivity (Wildman–Crippen MR) is 85.6 cm³/mol. The molecule has 0 aliphatic heterocycles. The van der Waals surface area contributed by atoms with Crippen LogP contribution in [0.25, 0.3) is 11.3 Å². The second-order valence-electron chi connectivity index (χ2n) is 5.72. The van der Waals surface area contributed by atoms with Crippen LogP contribution in [0.2, 0.25) is 0 Å². The molecule has 1 amide bonds. The Balaban J connectivity index is 1.86. The Hall–Kier alpha value is -1.75. The van der Waals surface area contributed by atoms with E-state index in [2.05, 4.69) is 22.2 Å². The Kier molecular flexibility index (Phi) is 3.76. The Morgan fingerprint density at radius 2 is 2.10 bits per heavy atom. The summed E-state index contributed by atoms with van der Waals surface area (Å²) in [5.74, 6) is 0.417. The molecule has 1 aliphatic rings. The highest BCUT2D eigenvalue weighted by Crippen LogP contribution is 2.40. The Morgan fingerprint density at radius 1 is 1.29 bits per heavy atom. The van der Waals surface area contributed by atoms with Crippen molar-refractivity contribution >= 4 is 23.1 Å². The summed E-state index contributed by atoms with van der Waals surface area (Å²) in [6.45, 7) is 5.86. The molecule has 0 saturated heterocycles. The molecule has 0 atom stereocenters. The summed E-state index contributed by atoms with van der Waals surface area (Å²) >= 11 is 1.88. The summed E-state index contributed by atoms with van der Waals surface area (Å²) in [6.07, 6.45) is 6.99. The van der Waals surface area contributed by atoms with Gasteiger partial charge in [0, 0.05) is 21.2 Å². The fourth-order valence-corrected chi connectivity index (χ4v) is 3.94. The van der Waals surface area contributed by atoms with Gasteiger partial charge in [0.15, 0.2) is 5.82 Å². The normalized spacial score (nSPS) is 13.5. The smallest absolute Gasteiger partial charge is 0.228 e. The first-order valence-electron chi connectivity index (χ1n) is 7.30. The molecule has 2 heterocycles. The number of aromatic nitrogens is 2. The second-order valence-corrected chi connectivity index (χ2v) is 7.03. The van der Waals surface area contributed by atoms with Crippen LogP contribution in [0.3, 0.4) is 0 Å². The van der Waals surface area contributed by atoms with Crippen LogP contribution >= 0.6 is 11.3 Å². The van der Waals surface area contributed by atoms with E-state index in [1.54, 1.807) is 12.4 Å². The number of fused-ring (bicyclic) bond motifs is 1. The number of amides is 1. The summed E-state index contributed by atoms with van der Waals surface area (Å²) in [4.78, 5) is 23.3. The van der Waals surface area contributed by atoms with Crippen LogP contribution in [0, 0.1) is 12.8 Å². The van der Waals surface area contributed by atoms with E-state index >= 15 is 0 Å². The first kappa shape index (κ1) is 14.2. The summed E-state index contributed by atoms with van der Waals surface area (Å²) in [6, 6.07) is 0. The van der Waals surface area contributed by atoms with Crippen molar-refractivity contribution < 1.29 is 4.79 Å². The molecule has 0 spiro atoms. The molecule has 2 aromatic heterocycles. The van der Waals surface area contributed by atoms with E-state index in [4.69, 9.17) is 0 Å². The first-order valence-corrected chi connectivity index (χ1v) is 8.12. The molecule has 0 fully saturated rings. The molecule has 0 unspecified atom stereocenters. The Labute approximate surface area is 128 Å².